The molecule has 20 nitrogen and oxygen atoms in total. The number of hydrogen-bond acceptors (Lipinski definition) is 17. The molecular weight excluding hydrogens is 882 g/mol. The minimum atomic E-state index is -4.65. The third kappa shape index (κ3) is 11.8. The van der Waals surface area contributed by atoms with Gasteiger partial charge in [-0.15, -0.1) is 0 Å². The monoisotopic (exact) mass is 915 g/mol. The highest BCUT2D eigenvalue weighted by molar-refractivity contribution is 7.90. The molecule has 2 N–H and O–H groups in total. The number of ether oxygens (including phenoxy) is 4. The third-order valence-corrected chi connectivity index (χ3v) is 11.2. The lowest BCUT2D eigenvalue weighted by molar-refractivity contribution is -0.176. The number of Topliss-reactive ketones (excluding diaryl/α,β-unsaturated/α-hetero) is 3. The summed E-state index contributed by atoms with van der Waals surface area (Å²) in [5.74, 6) is -3.85. The third-order valence-electron chi connectivity index (χ3n) is 7.87. The second-order valence-corrected chi connectivity index (χ2v) is 16.7. The van der Waals surface area contributed by atoms with Crippen LogP contribution in [-0.2, 0) is 57.4 Å². The first kappa shape index (κ1) is 46.6. The van der Waals surface area contributed by atoms with Crippen molar-refractivity contribution in [2.45, 2.75) is 55.0 Å². The van der Waals surface area contributed by atoms with E-state index in [4.69, 9.17) is 42.3 Å². The van der Waals surface area contributed by atoms with E-state index in [-0.39, 0.29) is 64.9 Å². The Balaban J connectivity index is 0.000000262. The Morgan fingerprint density at radius 3 is 2.19 bits per heavy atom. The van der Waals surface area contributed by atoms with Crippen LogP contribution in [0.5, 0.6) is 11.8 Å². The van der Waals surface area contributed by atoms with Gasteiger partial charge in [0.25, 0.3) is 15.9 Å². The number of carbonyl (C=O) groups is 4. The van der Waals surface area contributed by atoms with Crippen LogP contribution < -0.4 is 19.5 Å². The minimum absolute atomic E-state index is 0.0444. The van der Waals surface area contributed by atoms with Crippen LogP contribution in [0.15, 0.2) is 33.3 Å². The van der Waals surface area contributed by atoms with Crippen LogP contribution in [0.1, 0.15) is 47.7 Å². The first-order valence-electron chi connectivity index (χ1n) is 16.6. The average Bonchev–Trinajstić information content (AvgIpc) is 3.44. The smallest absolute Gasteiger partial charge is 0.411 e. The predicted octanol–water partition coefficient (Wildman–Crippen LogP) is 3.43. The number of sulfonamides is 1. The van der Waals surface area contributed by atoms with Gasteiger partial charge in [0.15, 0.2) is 44.0 Å². The molecule has 2 aromatic heterocycles. The second kappa shape index (κ2) is 18.9. The highest BCUT2D eigenvalue weighted by Crippen LogP contribution is 2.33. The van der Waals surface area contributed by atoms with E-state index in [1.807, 2.05) is 4.72 Å². The van der Waals surface area contributed by atoms with Gasteiger partial charge in [-0.25, -0.2) is 17.9 Å². The Morgan fingerprint density at radius 2 is 1.64 bits per heavy atom. The quantitative estimate of drug-likeness (QED) is 0.195. The molecule has 5 rings (SSSR count). The molecule has 1 aliphatic carbocycles. The molecule has 1 atom stereocenters. The molecule has 27 heteroatoms. The fourth-order valence-corrected chi connectivity index (χ4v) is 8.25. The number of benzene rings is 1. The molecule has 1 aliphatic heterocycles. The number of nitrogens with zero attached hydrogens (tertiary/aromatic N) is 5. The molecule has 0 bridgehead atoms. The van der Waals surface area contributed by atoms with Crippen molar-refractivity contribution in [2.75, 3.05) is 39.0 Å². The van der Waals surface area contributed by atoms with Gasteiger partial charge in [0.05, 0.1) is 36.8 Å². The summed E-state index contributed by atoms with van der Waals surface area (Å²) < 4.78 is 109. The topological polar surface area (TPSA) is 263 Å². The van der Waals surface area contributed by atoms with Gasteiger partial charge in [0, 0.05) is 37.3 Å². The molecule has 0 saturated heterocycles. The van der Waals surface area contributed by atoms with Gasteiger partial charge in [0.1, 0.15) is 24.2 Å². The van der Waals surface area contributed by atoms with E-state index >= 15 is 0 Å². The summed E-state index contributed by atoms with van der Waals surface area (Å²) in [7, 11) is -4.37. The Kier molecular flexibility index (Phi) is 14.9. The van der Waals surface area contributed by atoms with Crippen molar-refractivity contribution in [3.8, 4) is 11.8 Å². The number of aryl methyl sites for hydroxylation is 1. The number of ketones is 3. The molecule has 2 aliphatic rings. The number of amides is 2. The van der Waals surface area contributed by atoms with Crippen molar-refractivity contribution in [3.05, 3.63) is 45.1 Å². The van der Waals surface area contributed by atoms with Gasteiger partial charge in [-0.3, -0.25) is 24.4 Å². The number of halogens is 5. The number of nitrogens with one attached hydrogen (secondary N) is 2. The fraction of sp³-hybridized carbons (Fsp3) is 0.438. The molecule has 0 spiro atoms. The maximum absolute atomic E-state index is 12.9. The number of alkyl halides is 3. The van der Waals surface area contributed by atoms with Crippen molar-refractivity contribution in [3.63, 3.8) is 0 Å². The highest BCUT2D eigenvalue weighted by Gasteiger charge is 2.39. The van der Waals surface area contributed by atoms with Crippen LogP contribution in [-0.4, -0.2) is 112 Å². The van der Waals surface area contributed by atoms with Crippen molar-refractivity contribution in [1.29, 1.82) is 0 Å². The number of hydrogen-bond donors (Lipinski definition) is 2. The summed E-state index contributed by atoms with van der Waals surface area (Å²) in [4.78, 5) is 61.4. The highest BCUT2D eigenvalue weighted by atomic mass is 35.5. The maximum Gasteiger partial charge on any atom is 0.411 e. The SMILES string of the molecule is COc1cc(OC)nc(NC(=O)NS(=O)(=O)c2c(C3=NOCC(C)O3)c(Cl)nn2C)n1.CS(=O)(=O)c1ccc(C(=O)C2C(=O)CCCC2=O)c(Cl)c1COCC(F)(F)F. The molecule has 3 aromatic rings. The van der Waals surface area contributed by atoms with Crippen LogP contribution in [0.25, 0.3) is 0 Å². The molecule has 59 heavy (non-hydrogen) atoms. The summed E-state index contributed by atoms with van der Waals surface area (Å²) in [6.07, 6.45) is -3.81. The van der Waals surface area contributed by atoms with E-state index in [2.05, 4.69) is 30.3 Å². The molecule has 1 saturated carbocycles. The Bertz CT molecular complexity index is 2360. The Hall–Kier alpha value is -5.11. The van der Waals surface area contributed by atoms with Gasteiger partial charge >= 0.3 is 12.2 Å². The van der Waals surface area contributed by atoms with E-state index in [1.54, 1.807) is 6.92 Å². The molecule has 322 valence electrons. The number of aromatic nitrogens is 4. The summed E-state index contributed by atoms with van der Waals surface area (Å²) >= 11 is 12.2. The lowest BCUT2D eigenvalue weighted by Crippen LogP contribution is -2.37. The van der Waals surface area contributed by atoms with Gasteiger partial charge in [-0.1, -0.05) is 23.2 Å². The van der Waals surface area contributed by atoms with Gasteiger partial charge in [-0.05, 0) is 30.6 Å². The van der Waals surface area contributed by atoms with Crippen molar-refractivity contribution >= 4 is 78.3 Å². The molecule has 3 heterocycles. The lowest BCUT2D eigenvalue weighted by Gasteiger charge is -2.20. The minimum Gasteiger partial charge on any atom is -0.481 e. The average molecular weight is 917 g/mol. The van der Waals surface area contributed by atoms with Crippen LogP contribution in [0.3, 0.4) is 0 Å². The fourth-order valence-electron chi connectivity index (χ4n) is 5.38. The molecule has 1 unspecified atom stereocenters. The van der Waals surface area contributed by atoms with Crippen molar-refractivity contribution in [1.82, 2.24) is 24.5 Å². The Morgan fingerprint density at radius 1 is 1.03 bits per heavy atom. The zero-order valence-corrected chi connectivity index (χ0v) is 34.5. The molecule has 2 amide bonds. The molecule has 0 radical (unpaired) electrons. The van der Waals surface area contributed by atoms with E-state index in [0.29, 0.717) is 6.42 Å². The van der Waals surface area contributed by atoms with Crippen molar-refractivity contribution in [2.24, 2.45) is 18.1 Å². The van der Waals surface area contributed by atoms with Gasteiger partial charge in [0.2, 0.25) is 17.7 Å². The number of rotatable bonds is 12. The predicted molar refractivity (Wildman–Crippen MR) is 198 cm³/mol. The van der Waals surface area contributed by atoms with Crippen LogP contribution in [0.2, 0.25) is 10.2 Å². The number of anilines is 1. The summed E-state index contributed by atoms with van der Waals surface area (Å²) in [6, 6.07) is 2.26. The maximum atomic E-state index is 12.9. The zero-order valence-electron chi connectivity index (χ0n) is 31.4. The van der Waals surface area contributed by atoms with E-state index < -0.39 is 89.6 Å². The summed E-state index contributed by atoms with van der Waals surface area (Å²) in [5.41, 5.74) is -0.807. The van der Waals surface area contributed by atoms with Gasteiger partial charge in [-0.2, -0.15) is 36.7 Å². The summed E-state index contributed by atoms with van der Waals surface area (Å²) in [5, 5.41) is 8.63. The standard InChI is InChI=1S/C17H16ClF3O6S.C15H18ClN7O7S/c1-28(25,26)13-6-5-9(15(18)10(13)7-27-8-17(19,20)21)16(24)14-11(22)3-2-4-12(14)23;1-7-6-29-21-12(30-7)10-11(16)20-23(2)13(10)31(25,26)22-15(24)19-14-17-8(27-3)5-9(18-14)28-4/h5-6,14H,2-4,7-8H2,1H3;5,7H,6H2,1-4H3,(H2,17,18,19,22,24). The molecular formula is C32H34Cl2F3N7O13S2. The first-order chi connectivity index (χ1) is 27.5. The second-order valence-electron chi connectivity index (χ2n) is 12.4. The molecule has 1 fully saturated rings. The Labute approximate surface area is 343 Å². The zero-order chi connectivity index (χ0) is 44.0. The first-order valence-corrected chi connectivity index (χ1v) is 20.8. The normalized spacial score (nSPS) is 16.2. The number of methoxy groups -OCH3 is 2. The number of urea groups is 1. The van der Waals surface area contributed by atoms with E-state index in [9.17, 15) is 49.2 Å². The van der Waals surface area contributed by atoms with Crippen LogP contribution in [0, 0.1) is 5.92 Å². The van der Waals surface area contributed by atoms with E-state index in [0.717, 1.165) is 23.1 Å². The number of oxime groups is 1. The van der Waals surface area contributed by atoms with Crippen LogP contribution >= 0.6 is 23.2 Å². The van der Waals surface area contributed by atoms with Crippen LogP contribution in [0.4, 0.5) is 23.9 Å². The van der Waals surface area contributed by atoms with E-state index in [1.165, 1.54) is 27.3 Å². The molecule has 1 aromatic carbocycles. The lowest BCUT2D eigenvalue weighted by atomic mass is 9.81. The summed E-state index contributed by atoms with van der Waals surface area (Å²) in [6.45, 7) is -0.603. The van der Waals surface area contributed by atoms with Crippen molar-refractivity contribution < 1.29 is 73.0 Å². The number of sulfone groups is 1. The number of carbonyl (C=O) groups excluding carboxylic acids is 4. The largest absolute Gasteiger partial charge is 0.481 e. The van der Waals surface area contributed by atoms with Gasteiger partial charge < -0.3 is 23.8 Å².